The SMILES string of the molecule is Cc1cccc(CC(=O)NC2CCCC2=O)c1. The van der Waals surface area contributed by atoms with Crippen molar-refractivity contribution in [3.05, 3.63) is 35.4 Å². The fraction of sp³-hybridized carbons (Fsp3) is 0.429. The third kappa shape index (κ3) is 3.16. The first-order valence-corrected chi connectivity index (χ1v) is 6.03. The molecule has 1 N–H and O–H groups in total. The highest BCUT2D eigenvalue weighted by Gasteiger charge is 2.25. The van der Waals surface area contributed by atoms with Crippen molar-refractivity contribution >= 4 is 11.7 Å². The van der Waals surface area contributed by atoms with Gasteiger partial charge in [-0.25, -0.2) is 0 Å². The quantitative estimate of drug-likeness (QED) is 0.861. The van der Waals surface area contributed by atoms with Gasteiger partial charge < -0.3 is 5.32 Å². The van der Waals surface area contributed by atoms with E-state index in [9.17, 15) is 9.59 Å². The summed E-state index contributed by atoms with van der Waals surface area (Å²) in [4.78, 5) is 23.2. The topological polar surface area (TPSA) is 46.2 Å². The summed E-state index contributed by atoms with van der Waals surface area (Å²) < 4.78 is 0. The summed E-state index contributed by atoms with van der Waals surface area (Å²) in [5.41, 5.74) is 2.14. The molecule has 1 aromatic rings. The molecule has 3 nitrogen and oxygen atoms in total. The molecule has 1 fully saturated rings. The number of amides is 1. The van der Waals surface area contributed by atoms with E-state index in [4.69, 9.17) is 0 Å². The predicted molar refractivity (Wildman–Crippen MR) is 65.7 cm³/mol. The van der Waals surface area contributed by atoms with Crippen LogP contribution in [0.25, 0.3) is 0 Å². The molecule has 0 spiro atoms. The Morgan fingerprint density at radius 2 is 2.29 bits per heavy atom. The van der Waals surface area contributed by atoms with E-state index >= 15 is 0 Å². The number of carbonyl (C=O) groups is 2. The van der Waals surface area contributed by atoms with Crippen LogP contribution >= 0.6 is 0 Å². The largest absolute Gasteiger partial charge is 0.346 e. The molecule has 0 saturated heterocycles. The van der Waals surface area contributed by atoms with Crippen molar-refractivity contribution in [3.63, 3.8) is 0 Å². The molecule has 3 heteroatoms. The van der Waals surface area contributed by atoms with Crippen molar-refractivity contribution in [1.29, 1.82) is 0 Å². The molecule has 0 bridgehead atoms. The van der Waals surface area contributed by atoms with Gasteiger partial charge in [0.15, 0.2) is 5.78 Å². The lowest BCUT2D eigenvalue weighted by atomic mass is 10.1. The molecule has 0 radical (unpaired) electrons. The van der Waals surface area contributed by atoms with Gasteiger partial charge in [-0.3, -0.25) is 9.59 Å². The van der Waals surface area contributed by atoms with Crippen molar-refractivity contribution < 1.29 is 9.59 Å². The van der Waals surface area contributed by atoms with Crippen molar-refractivity contribution in [2.24, 2.45) is 0 Å². The lowest BCUT2D eigenvalue weighted by Crippen LogP contribution is -2.38. The van der Waals surface area contributed by atoms with Crippen LogP contribution in [-0.2, 0) is 16.0 Å². The summed E-state index contributed by atoms with van der Waals surface area (Å²) in [6.45, 7) is 2.00. The fourth-order valence-electron chi connectivity index (χ4n) is 2.22. The summed E-state index contributed by atoms with van der Waals surface area (Å²) in [5, 5.41) is 2.81. The summed E-state index contributed by atoms with van der Waals surface area (Å²) in [6, 6.07) is 7.63. The van der Waals surface area contributed by atoms with E-state index in [1.807, 2.05) is 31.2 Å². The summed E-state index contributed by atoms with van der Waals surface area (Å²) in [5.74, 6) is 0.110. The lowest BCUT2D eigenvalue weighted by molar-refractivity contribution is -0.126. The van der Waals surface area contributed by atoms with E-state index < -0.39 is 0 Å². The Hall–Kier alpha value is -1.64. The second kappa shape index (κ2) is 5.13. The van der Waals surface area contributed by atoms with Gasteiger partial charge >= 0.3 is 0 Å². The number of hydrogen-bond acceptors (Lipinski definition) is 2. The first-order chi connectivity index (χ1) is 8.15. The van der Waals surface area contributed by atoms with Gasteiger partial charge in [0.05, 0.1) is 12.5 Å². The molecule has 1 aliphatic carbocycles. The Kier molecular flexibility index (Phi) is 3.57. The number of ketones is 1. The Labute approximate surface area is 101 Å². The average molecular weight is 231 g/mol. The minimum atomic E-state index is -0.243. The highest BCUT2D eigenvalue weighted by atomic mass is 16.2. The van der Waals surface area contributed by atoms with Crippen molar-refractivity contribution in [1.82, 2.24) is 5.32 Å². The highest BCUT2D eigenvalue weighted by molar-refractivity contribution is 5.91. The number of benzene rings is 1. The molecule has 1 atom stereocenters. The Morgan fingerprint density at radius 3 is 2.94 bits per heavy atom. The molecule has 17 heavy (non-hydrogen) atoms. The molecule has 0 heterocycles. The number of Topliss-reactive ketones (excluding diaryl/α,β-unsaturated/α-hetero) is 1. The van der Waals surface area contributed by atoms with E-state index in [0.717, 1.165) is 24.0 Å². The van der Waals surface area contributed by atoms with Gasteiger partial charge in [-0.2, -0.15) is 0 Å². The molecular weight excluding hydrogens is 214 g/mol. The molecule has 0 aliphatic heterocycles. The maximum Gasteiger partial charge on any atom is 0.224 e. The van der Waals surface area contributed by atoms with Gasteiger partial charge in [0.2, 0.25) is 5.91 Å². The number of hydrogen-bond donors (Lipinski definition) is 1. The minimum absolute atomic E-state index is 0.0594. The fourth-order valence-corrected chi connectivity index (χ4v) is 2.22. The maximum atomic E-state index is 11.8. The van der Waals surface area contributed by atoms with Gasteiger partial charge in [-0.1, -0.05) is 29.8 Å². The highest BCUT2D eigenvalue weighted by Crippen LogP contribution is 2.14. The van der Waals surface area contributed by atoms with Crippen LogP contribution in [0.2, 0.25) is 0 Å². The summed E-state index contributed by atoms with van der Waals surface area (Å²) >= 11 is 0. The lowest BCUT2D eigenvalue weighted by Gasteiger charge is -2.10. The van der Waals surface area contributed by atoms with Crippen LogP contribution in [0.1, 0.15) is 30.4 Å². The second-order valence-corrected chi connectivity index (χ2v) is 4.64. The molecule has 1 saturated carbocycles. The third-order valence-electron chi connectivity index (χ3n) is 3.09. The molecule has 0 aromatic heterocycles. The molecular formula is C14H17NO2. The molecule has 1 aliphatic rings. The van der Waals surface area contributed by atoms with Gasteiger partial charge in [0, 0.05) is 6.42 Å². The molecule has 2 rings (SSSR count). The third-order valence-corrected chi connectivity index (χ3v) is 3.09. The molecule has 1 amide bonds. The van der Waals surface area contributed by atoms with Crippen molar-refractivity contribution in [2.45, 2.75) is 38.6 Å². The van der Waals surface area contributed by atoms with Crippen LogP contribution in [0.15, 0.2) is 24.3 Å². The Morgan fingerprint density at radius 1 is 1.47 bits per heavy atom. The van der Waals surface area contributed by atoms with Gasteiger partial charge in [-0.15, -0.1) is 0 Å². The molecule has 1 aromatic carbocycles. The number of rotatable bonds is 3. The van der Waals surface area contributed by atoms with E-state index in [0.29, 0.717) is 12.8 Å². The standard InChI is InChI=1S/C14H17NO2/c1-10-4-2-5-11(8-10)9-14(17)15-12-6-3-7-13(12)16/h2,4-5,8,12H,3,6-7,9H2,1H3,(H,15,17). The molecule has 90 valence electrons. The van der Waals surface area contributed by atoms with Crippen LogP contribution in [0.4, 0.5) is 0 Å². The van der Waals surface area contributed by atoms with E-state index in [-0.39, 0.29) is 17.7 Å². The van der Waals surface area contributed by atoms with E-state index in [2.05, 4.69) is 5.32 Å². The number of carbonyl (C=O) groups excluding carboxylic acids is 2. The van der Waals surface area contributed by atoms with Crippen LogP contribution in [0, 0.1) is 6.92 Å². The zero-order chi connectivity index (χ0) is 12.3. The van der Waals surface area contributed by atoms with E-state index in [1.165, 1.54) is 0 Å². The smallest absolute Gasteiger partial charge is 0.224 e. The normalized spacial score (nSPS) is 19.4. The Bertz CT molecular complexity index is 440. The van der Waals surface area contributed by atoms with Gasteiger partial charge in [0.25, 0.3) is 0 Å². The zero-order valence-electron chi connectivity index (χ0n) is 10.0. The van der Waals surface area contributed by atoms with Crippen LogP contribution < -0.4 is 5.32 Å². The average Bonchev–Trinajstić information content (AvgIpc) is 2.64. The number of nitrogens with one attached hydrogen (secondary N) is 1. The second-order valence-electron chi connectivity index (χ2n) is 4.64. The van der Waals surface area contributed by atoms with E-state index in [1.54, 1.807) is 0 Å². The Balaban J connectivity index is 1.91. The monoisotopic (exact) mass is 231 g/mol. The van der Waals surface area contributed by atoms with Gasteiger partial charge in [-0.05, 0) is 25.3 Å². The zero-order valence-corrected chi connectivity index (χ0v) is 10.0. The first kappa shape index (κ1) is 11.8. The maximum absolute atomic E-state index is 11.8. The first-order valence-electron chi connectivity index (χ1n) is 6.03. The minimum Gasteiger partial charge on any atom is -0.346 e. The van der Waals surface area contributed by atoms with Crippen LogP contribution in [0.3, 0.4) is 0 Å². The number of aryl methyl sites for hydroxylation is 1. The van der Waals surface area contributed by atoms with Crippen LogP contribution in [-0.4, -0.2) is 17.7 Å². The van der Waals surface area contributed by atoms with Gasteiger partial charge in [0.1, 0.15) is 0 Å². The van der Waals surface area contributed by atoms with Crippen LogP contribution in [0.5, 0.6) is 0 Å². The summed E-state index contributed by atoms with van der Waals surface area (Å²) in [6.07, 6.45) is 2.65. The molecule has 1 unspecified atom stereocenters. The predicted octanol–water partition coefficient (Wildman–Crippen LogP) is 1.78. The summed E-state index contributed by atoms with van der Waals surface area (Å²) in [7, 11) is 0. The van der Waals surface area contributed by atoms with Crippen molar-refractivity contribution in [3.8, 4) is 0 Å². The van der Waals surface area contributed by atoms with Crippen molar-refractivity contribution in [2.75, 3.05) is 0 Å².